The molecular formula is C9H13N7OS. The summed E-state index contributed by atoms with van der Waals surface area (Å²) in [5, 5.41) is 21.7. The van der Waals surface area contributed by atoms with Gasteiger partial charge in [-0.15, -0.1) is 15.3 Å². The van der Waals surface area contributed by atoms with E-state index >= 15 is 0 Å². The Morgan fingerprint density at radius 3 is 3.06 bits per heavy atom. The summed E-state index contributed by atoms with van der Waals surface area (Å²) in [6.45, 7) is 1.28. The average Bonchev–Trinajstić information content (AvgIpc) is 3.05. The van der Waals surface area contributed by atoms with Crippen LogP contribution >= 0.6 is 11.3 Å². The van der Waals surface area contributed by atoms with Crippen LogP contribution < -0.4 is 10.6 Å². The fourth-order valence-electron chi connectivity index (χ4n) is 1.29. The smallest absolute Gasteiger partial charge is 0.282 e. The van der Waals surface area contributed by atoms with E-state index in [1.807, 2.05) is 0 Å². The number of aromatic nitrogens is 5. The number of hydrogen-bond acceptors (Lipinski definition) is 7. The predicted octanol–water partition coefficient (Wildman–Crippen LogP) is -0.00860. The van der Waals surface area contributed by atoms with Crippen LogP contribution in [-0.4, -0.2) is 44.7 Å². The van der Waals surface area contributed by atoms with Crippen molar-refractivity contribution in [3.8, 4) is 0 Å². The van der Waals surface area contributed by atoms with Gasteiger partial charge in [-0.2, -0.15) is 0 Å². The summed E-state index contributed by atoms with van der Waals surface area (Å²) in [6, 6.07) is 0. The van der Waals surface area contributed by atoms with Gasteiger partial charge < -0.3 is 10.6 Å². The Labute approximate surface area is 107 Å². The second kappa shape index (κ2) is 6.05. The minimum absolute atomic E-state index is 0.201. The first-order valence-electron chi connectivity index (χ1n) is 5.43. The lowest BCUT2D eigenvalue weighted by Crippen LogP contribution is -2.25. The van der Waals surface area contributed by atoms with Gasteiger partial charge in [-0.25, -0.2) is 0 Å². The summed E-state index contributed by atoms with van der Waals surface area (Å²) in [4.78, 5) is 11.7. The Bertz CT molecular complexity index is 495. The molecule has 2 rings (SSSR count). The van der Waals surface area contributed by atoms with E-state index in [9.17, 15) is 4.79 Å². The first kappa shape index (κ1) is 12.4. The molecule has 18 heavy (non-hydrogen) atoms. The Morgan fingerprint density at radius 1 is 1.50 bits per heavy atom. The van der Waals surface area contributed by atoms with Gasteiger partial charge in [-0.05, 0) is 6.42 Å². The highest BCUT2D eigenvalue weighted by Gasteiger charge is 2.11. The van der Waals surface area contributed by atoms with Crippen LogP contribution in [0.2, 0.25) is 0 Å². The van der Waals surface area contributed by atoms with Gasteiger partial charge in [0.1, 0.15) is 0 Å². The van der Waals surface area contributed by atoms with Crippen molar-refractivity contribution < 1.29 is 4.79 Å². The number of amides is 1. The van der Waals surface area contributed by atoms with E-state index in [1.165, 1.54) is 11.3 Å². The first-order chi connectivity index (χ1) is 8.79. The molecule has 0 unspecified atom stereocenters. The molecule has 0 atom stereocenters. The molecule has 0 spiro atoms. The number of carbonyl (C=O) groups is 1. The van der Waals surface area contributed by atoms with E-state index in [0.29, 0.717) is 16.7 Å². The molecular weight excluding hydrogens is 254 g/mol. The quantitative estimate of drug-likeness (QED) is 0.714. The molecule has 0 radical (unpaired) electrons. The monoisotopic (exact) mass is 267 g/mol. The van der Waals surface area contributed by atoms with E-state index in [1.54, 1.807) is 24.1 Å². The minimum Gasteiger partial charge on any atom is -0.363 e. The van der Waals surface area contributed by atoms with Crippen molar-refractivity contribution in [2.75, 3.05) is 18.9 Å². The highest BCUT2D eigenvalue weighted by molar-refractivity contribution is 7.17. The van der Waals surface area contributed by atoms with Crippen LogP contribution in [-0.2, 0) is 6.54 Å². The Hall–Kier alpha value is -2.03. The van der Waals surface area contributed by atoms with Gasteiger partial charge in [0, 0.05) is 26.3 Å². The molecule has 2 aromatic rings. The van der Waals surface area contributed by atoms with Crippen LogP contribution in [0.3, 0.4) is 0 Å². The average molecular weight is 267 g/mol. The molecule has 9 heteroatoms. The Morgan fingerprint density at radius 2 is 2.39 bits per heavy atom. The summed E-state index contributed by atoms with van der Waals surface area (Å²) in [6.07, 6.45) is 4.19. The van der Waals surface area contributed by atoms with Gasteiger partial charge in [0.2, 0.25) is 10.1 Å². The number of nitrogens with zero attached hydrogens (tertiary/aromatic N) is 5. The van der Waals surface area contributed by atoms with Crippen molar-refractivity contribution in [3.63, 3.8) is 0 Å². The fourth-order valence-corrected chi connectivity index (χ4v) is 1.90. The van der Waals surface area contributed by atoms with Crippen molar-refractivity contribution in [1.29, 1.82) is 0 Å². The zero-order chi connectivity index (χ0) is 12.8. The van der Waals surface area contributed by atoms with E-state index in [0.717, 1.165) is 13.0 Å². The molecule has 2 N–H and O–H groups in total. The zero-order valence-electron chi connectivity index (χ0n) is 9.83. The summed E-state index contributed by atoms with van der Waals surface area (Å²) >= 11 is 1.22. The van der Waals surface area contributed by atoms with Crippen LogP contribution in [0.4, 0.5) is 5.13 Å². The van der Waals surface area contributed by atoms with Crippen LogP contribution in [0, 0.1) is 0 Å². The van der Waals surface area contributed by atoms with Gasteiger partial charge in [-0.3, -0.25) is 9.48 Å². The van der Waals surface area contributed by atoms with Gasteiger partial charge in [-0.1, -0.05) is 16.6 Å². The molecule has 0 aliphatic heterocycles. The van der Waals surface area contributed by atoms with E-state index in [4.69, 9.17) is 0 Å². The Balaban J connectivity index is 1.71. The Kier molecular flexibility index (Phi) is 4.18. The second-order valence-corrected chi connectivity index (χ2v) is 4.42. The van der Waals surface area contributed by atoms with Crippen molar-refractivity contribution in [2.24, 2.45) is 0 Å². The molecule has 0 aliphatic carbocycles. The largest absolute Gasteiger partial charge is 0.363 e. The molecule has 2 heterocycles. The normalized spacial score (nSPS) is 10.3. The summed E-state index contributed by atoms with van der Waals surface area (Å²) in [5.74, 6) is -0.201. The van der Waals surface area contributed by atoms with Gasteiger partial charge >= 0.3 is 0 Å². The van der Waals surface area contributed by atoms with E-state index in [-0.39, 0.29) is 5.91 Å². The van der Waals surface area contributed by atoms with Gasteiger partial charge in [0.25, 0.3) is 5.91 Å². The van der Waals surface area contributed by atoms with Crippen molar-refractivity contribution in [2.45, 2.75) is 13.0 Å². The summed E-state index contributed by atoms with van der Waals surface area (Å²) < 4.78 is 1.72. The van der Waals surface area contributed by atoms with E-state index in [2.05, 4.69) is 31.1 Å². The summed E-state index contributed by atoms with van der Waals surface area (Å²) in [7, 11) is 1.74. The third kappa shape index (κ3) is 3.23. The van der Waals surface area contributed by atoms with Crippen molar-refractivity contribution >= 4 is 22.4 Å². The van der Waals surface area contributed by atoms with Crippen molar-refractivity contribution in [1.82, 2.24) is 30.5 Å². The topological polar surface area (TPSA) is 97.6 Å². The van der Waals surface area contributed by atoms with Gasteiger partial charge in [0.15, 0.2) is 0 Å². The number of carbonyl (C=O) groups excluding carboxylic acids is 1. The highest BCUT2D eigenvalue weighted by Crippen LogP contribution is 2.13. The van der Waals surface area contributed by atoms with Gasteiger partial charge in [0.05, 0.1) is 6.20 Å². The molecule has 2 aromatic heterocycles. The lowest BCUT2D eigenvalue weighted by molar-refractivity contribution is 0.0951. The molecule has 0 aliphatic rings. The number of rotatable bonds is 6. The molecule has 0 fully saturated rings. The number of anilines is 1. The predicted molar refractivity (Wildman–Crippen MR) is 66.4 cm³/mol. The number of nitrogens with one attached hydrogen (secondary N) is 2. The third-order valence-corrected chi connectivity index (χ3v) is 3.09. The molecule has 0 aromatic carbocycles. The lowest BCUT2D eigenvalue weighted by Gasteiger charge is -2.02. The molecule has 96 valence electrons. The fraction of sp³-hybridized carbons (Fsp3) is 0.444. The van der Waals surface area contributed by atoms with E-state index < -0.39 is 0 Å². The zero-order valence-corrected chi connectivity index (χ0v) is 10.6. The van der Waals surface area contributed by atoms with Crippen LogP contribution in [0.1, 0.15) is 16.2 Å². The SMILES string of the molecule is CNc1nnc(C(=O)NCCCn2ccnn2)s1. The van der Waals surface area contributed by atoms with Crippen LogP contribution in [0.15, 0.2) is 12.4 Å². The number of hydrogen-bond donors (Lipinski definition) is 2. The maximum atomic E-state index is 11.7. The molecule has 8 nitrogen and oxygen atoms in total. The lowest BCUT2D eigenvalue weighted by atomic mass is 10.4. The third-order valence-electron chi connectivity index (χ3n) is 2.15. The maximum Gasteiger partial charge on any atom is 0.282 e. The standard InChI is InChI=1S/C9H13N7OS/c1-10-9-14-13-8(18-9)7(17)11-3-2-5-16-6-4-12-15-16/h4,6H,2-3,5H2,1H3,(H,10,14)(H,11,17). The van der Waals surface area contributed by atoms with Crippen LogP contribution in [0.25, 0.3) is 0 Å². The molecule has 0 bridgehead atoms. The first-order valence-corrected chi connectivity index (χ1v) is 6.25. The van der Waals surface area contributed by atoms with Crippen LogP contribution in [0.5, 0.6) is 0 Å². The molecule has 1 amide bonds. The maximum absolute atomic E-state index is 11.7. The second-order valence-electron chi connectivity index (χ2n) is 3.44. The van der Waals surface area contributed by atoms with Crippen molar-refractivity contribution in [3.05, 3.63) is 17.4 Å². The summed E-state index contributed by atoms with van der Waals surface area (Å²) in [5.41, 5.74) is 0. The molecule has 0 saturated carbocycles. The minimum atomic E-state index is -0.201. The highest BCUT2D eigenvalue weighted by atomic mass is 32.1. The molecule has 0 saturated heterocycles. The number of aryl methyl sites for hydroxylation is 1.